The van der Waals surface area contributed by atoms with Crippen molar-refractivity contribution in [1.29, 1.82) is 0 Å². The number of ketones is 1. The Labute approximate surface area is 125 Å². The number of benzene rings is 2. The summed E-state index contributed by atoms with van der Waals surface area (Å²) >= 11 is 0. The van der Waals surface area contributed by atoms with Gasteiger partial charge >= 0.3 is 8.69 Å². The largest absolute Gasteiger partial charge is 0.489 e. The summed E-state index contributed by atoms with van der Waals surface area (Å²) in [7, 11) is -0.420. The smallest absolute Gasteiger partial charge is 0.395 e. The first-order chi connectivity index (χ1) is 10.2. The van der Waals surface area contributed by atoms with Gasteiger partial charge in [0.05, 0.1) is 0 Å². The fraction of sp³-hybridized carbons (Fsp3) is 0.188. The number of ether oxygens (including phenoxy) is 1. The van der Waals surface area contributed by atoms with E-state index in [0.717, 1.165) is 16.9 Å². The SMILES string of the molecule is CC(=O)Cc1ccc(OP=O)c(COc2ccccc2)c1. The second kappa shape index (κ2) is 7.55. The van der Waals surface area contributed by atoms with Crippen molar-refractivity contribution >= 4 is 14.5 Å². The second-order valence-electron chi connectivity index (χ2n) is 4.59. The van der Waals surface area contributed by atoms with Gasteiger partial charge in [0.1, 0.15) is 23.9 Å². The summed E-state index contributed by atoms with van der Waals surface area (Å²) in [5.41, 5.74) is 1.63. The molecule has 0 N–H and O–H groups in total. The Bertz CT molecular complexity index is 625. The molecule has 0 atom stereocenters. The predicted octanol–water partition coefficient (Wildman–Crippen LogP) is 3.98. The molecule has 0 amide bonds. The molecule has 5 heteroatoms. The Morgan fingerprint density at radius 3 is 2.57 bits per heavy atom. The molecular weight excluding hydrogens is 287 g/mol. The third-order valence-electron chi connectivity index (χ3n) is 2.85. The molecule has 0 heterocycles. The van der Waals surface area contributed by atoms with Gasteiger partial charge in [-0.1, -0.05) is 24.3 Å². The molecule has 0 aliphatic carbocycles. The van der Waals surface area contributed by atoms with Crippen LogP contribution in [0, 0.1) is 0 Å². The zero-order valence-corrected chi connectivity index (χ0v) is 12.5. The quantitative estimate of drug-likeness (QED) is 0.726. The Morgan fingerprint density at radius 2 is 1.90 bits per heavy atom. The highest BCUT2D eigenvalue weighted by Crippen LogP contribution is 2.25. The van der Waals surface area contributed by atoms with E-state index in [1.165, 1.54) is 0 Å². The highest BCUT2D eigenvalue weighted by atomic mass is 31.1. The molecule has 0 unspecified atom stereocenters. The van der Waals surface area contributed by atoms with E-state index < -0.39 is 8.69 Å². The summed E-state index contributed by atoms with van der Waals surface area (Å²) in [6.07, 6.45) is 0.355. The number of carbonyl (C=O) groups is 1. The molecule has 0 aromatic heterocycles. The maximum Gasteiger partial charge on any atom is 0.395 e. The van der Waals surface area contributed by atoms with Crippen LogP contribution in [0.25, 0.3) is 0 Å². The van der Waals surface area contributed by atoms with Crippen molar-refractivity contribution in [1.82, 2.24) is 0 Å². The molecule has 0 radical (unpaired) electrons. The Morgan fingerprint density at radius 1 is 1.14 bits per heavy atom. The average molecular weight is 302 g/mol. The molecule has 2 rings (SSSR count). The third-order valence-corrected chi connectivity index (χ3v) is 3.12. The minimum absolute atomic E-state index is 0.0838. The number of Topliss-reactive ketones (excluding diaryl/α,β-unsaturated/α-hetero) is 1. The minimum Gasteiger partial charge on any atom is -0.489 e. The maximum absolute atomic E-state index is 11.2. The molecule has 0 fully saturated rings. The van der Waals surface area contributed by atoms with Gasteiger partial charge in [0.25, 0.3) is 0 Å². The molecule has 0 bridgehead atoms. The summed E-state index contributed by atoms with van der Waals surface area (Å²) in [6.45, 7) is 1.82. The summed E-state index contributed by atoms with van der Waals surface area (Å²) in [6, 6.07) is 14.7. The molecule has 108 valence electrons. The Balaban J connectivity index is 2.17. The molecule has 0 saturated carbocycles. The molecule has 0 spiro atoms. The van der Waals surface area contributed by atoms with E-state index in [9.17, 15) is 9.36 Å². The summed E-state index contributed by atoms with van der Waals surface area (Å²) in [5, 5.41) is 0. The van der Waals surface area contributed by atoms with E-state index >= 15 is 0 Å². The van der Waals surface area contributed by atoms with E-state index in [1.54, 1.807) is 19.1 Å². The molecule has 4 nitrogen and oxygen atoms in total. The van der Waals surface area contributed by atoms with Crippen molar-refractivity contribution in [2.24, 2.45) is 0 Å². The van der Waals surface area contributed by atoms with Crippen molar-refractivity contribution in [3.8, 4) is 11.5 Å². The minimum atomic E-state index is -0.420. The topological polar surface area (TPSA) is 52.6 Å². The molecule has 0 aliphatic heterocycles. The third kappa shape index (κ3) is 4.69. The van der Waals surface area contributed by atoms with Crippen LogP contribution in [-0.4, -0.2) is 5.78 Å². The number of hydrogen-bond acceptors (Lipinski definition) is 4. The first-order valence-corrected chi connectivity index (χ1v) is 7.21. The molecule has 21 heavy (non-hydrogen) atoms. The van der Waals surface area contributed by atoms with Crippen molar-refractivity contribution < 1.29 is 18.6 Å². The van der Waals surface area contributed by atoms with Crippen LogP contribution >= 0.6 is 8.69 Å². The van der Waals surface area contributed by atoms with Gasteiger partial charge in [-0.2, -0.15) is 0 Å². The van der Waals surface area contributed by atoms with E-state index in [4.69, 9.17) is 9.26 Å². The summed E-state index contributed by atoms with van der Waals surface area (Å²) < 4.78 is 21.3. The molecule has 0 saturated heterocycles. The van der Waals surface area contributed by atoms with Gasteiger partial charge in [-0.05, 0) is 36.8 Å². The lowest BCUT2D eigenvalue weighted by atomic mass is 10.1. The van der Waals surface area contributed by atoms with E-state index in [2.05, 4.69) is 0 Å². The van der Waals surface area contributed by atoms with Gasteiger partial charge in [-0.3, -0.25) is 4.79 Å². The fourth-order valence-corrected chi connectivity index (χ4v) is 2.21. The number of para-hydroxylation sites is 1. The van der Waals surface area contributed by atoms with Crippen LogP contribution in [-0.2, 0) is 22.4 Å². The lowest BCUT2D eigenvalue weighted by Crippen LogP contribution is -2.01. The fourth-order valence-electron chi connectivity index (χ4n) is 1.95. The standard InChI is InChI=1S/C16H15O4P/c1-12(17)9-13-7-8-16(20-21-18)14(10-13)11-19-15-5-3-2-4-6-15/h2-8,10H,9,11H2,1H3. The molecular formula is C16H15O4P. The lowest BCUT2D eigenvalue weighted by molar-refractivity contribution is -0.116. The van der Waals surface area contributed by atoms with Crippen LogP contribution in [0.4, 0.5) is 0 Å². The summed E-state index contributed by atoms with van der Waals surface area (Å²) in [4.78, 5) is 11.2. The van der Waals surface area contributed by atoms with Gasteiger partial charge in [-0.15, -0.1) is 0 Å². The van der Waals surface area contributed by atoms with Gasteiger partial charge < -0.3 is 9.26 Å². The zero-order chi connectivity index (χ0) is 15.1. The van der Waals surface area contributed by atoms with E-state index in [0.29, 0.717) is 12.2 Å². The Kier molecular flexibility index (Phi) is 5.47. The summed E-state index contributed by atoms with van der Waals surface area (Å²) in [5.74, 6) is 1.30. The average Bonchev–Trinajstić information content (AvgIpc) is 2.48. The van der Waals surface area contributed by atoms with Crippen LogP contribution in [0.5, 0.6) is 11.5 Å². The van der Waals surface area contributed by atoms with Gasteiger partial charge in [0.2, 0.25) is 0 Å². The first-order valence-electron chi connectivity index (χ1n) is 6.48. The van der Waals surface area contributed by atoms with E-state index in [1.807, 2.05) is 36.4 Å². The van der Waals surface area contributed by atoms with Crippen LogP contribution in [0.15, 0.2) is 48.5 Å². The van der Waals surface area contributed by atoms with Crippen molar-refractivity contribution in [2.45, 2.75) is 20.0 Å². The van der Waals surface area contributed by atoms with Crippen molar-refractivity contribution in [3.63, 3.8) is 0 Å². The van der Waals surface area contributed by atoms with Gasteiger partial charge in [0, 0.05) is 12.0 Å². The first kappa shape index (κ1) is 15.2. The second-order valence-corrected chi connectivity index (χ2v) is 4.92. The number of rotatable bonds is 7. The monoisotopic (exact) mass is 302 g/mol. The van der Waals surface area contributed by atoms with E-state index in [-0.39, 0.29) is 12.4 Å². The highest BCUT2D eigenvalue weighted by Gasteiger charge is 2.08. The molecule has 0 aliphatic rings. The maximum atomic E-state index is 11.2. The van der Waals surface area contributed by atoms with Gasteiger partial charge in [-0.25, -0.2) is 4.57 Å². The van der Waals surface area contributed by atoms with Crippen molar-refractivity contribution in [3.05, 3.63) is 59.7 Å². The number of hydrogen-bond donors (Lipinski definition) is 0. The predicted molar refractivity (Wildman–Crippen MR) is 79.8 cm³/mol. The van der Waals surface area contributed by atoms with Crippen molar-refractivity contribution in [2.75, 3.05) is 0 Å². The molecule has 2 aromatic carbocycles. The van der Waals surface area contributed by atoms with Crippen LogP contribution < -0.4 is 9.26 Å². The van der Waals surface area contributed by atoms with Crippen LogP contribution in [0.3, 0.4) is 0 Å². The Hall–Kier alpha value is -2.19. The highest BCUT2D eigenvalue weighted by molar-refractivity contribution is 7.17. The van der Waals surface area contributed by atoms with Crippen LogP contribution in [0.1, 0.15) is 18.1 Å². The van der Waals surface area contributed by atoms with Crippen LogP contribution in [0.2, 0.25) is 0 Å². The number of carbonyl (C=O) groups excluding carboxylic acids is 1. The molecule has 2 aromatic rings. The van der Waals surface area contributed by atoms with Gasteiger partial charge in [0.15, 0.2) is 0 Å². The zero-order valence-electron chi connectivity index (χ0n) is 11.6. The normalized spacial score (nSPS) is 10.3. The lowest BCUT2D eigenvalue weighted by Gasteiger charge is -2.10.